The summed E-state index contributed by atoms with van der Waals surface area (Å²) in [6, 6.07) is 0. The van der Waals surface area contributed by atoms with E-state index in [0.717, 1.165) is 0 Å². The van der Waals surface area contributed by atoms with Gasteiger partial charge in [-0.2, -0.15) is 5.10 Å². The van der Waals surface area contributed by atoms with Gasteiger partial charge in [0.05, 0.1) is 11.9 Å². The number of carbonyl (C=O) groups excluding carboxylic acids is 2. The highest BCUT2D eigenvalue weighted by Gasteiger charge is 2.15. The molecule has 0 atom stereocenters. The Bertz CT molecular complexity index is 427. The molecule has 0 saturated heterocycles. The van der Waals surface area contributed by atoms with Crippen LogP contribution in [0.15, 0.2) is 6.20 Å². The highest BCUT2D eigenvalue weighted by molar-refractivity contribution is 5.97. The minimum atomic E-state index is -0.324. The van der Waals surface area contributed by atoms with Gasteiger partial charge in [0.25, 0.3) is 5.91 Å². The van der Waals surface area contributed by atoms with E-state index in [-0.39, 0.29) is 11.8 Å². The smallest absolute Gasteiger partial charge is 0.271 e. The molecule has 0 aliphatic carbocycles. The molecule has 0 aliphatic heterocycles. The first-order valence-electron chi connectivity index (χ1n) is 5.94. The lowest BCUT2D eigenvalue weighted by Crippen LogP contribution is -2.28. The molecular weight excluding hydrogens is 234 g/mol. The first-order valence-corrected chi connectivity index (χ1v) is 5.94. The van der Waals surface area contributed by atoms with Gasteiger partial charge in [0, 0.05) is 19.5 Å². The molecule has 0 radical (unpaired) electrons. The van der Waals surface area contributed by atoms with Crippen LogP contribution in [0.4, 0.5) is 5.69 Å². The van der Waals surface area contributed by atoms with Crippen molar-refractivity contribution < 1.29 is 9.59 Å². The Morgan fingerprint density at radius 3 is 2.78 bits per heavy atom. The van der Waals surface area contributed by atoms with Crippen molar-refractivity contribution in [1.82, 2.24) is 15.1 Å². The van der Waals surface area contributed by atoms with Crippen LogP contribution in [0.25, 0.3) is 0 Å². The third kappa shape index (κ3) is 3.76. The topological polar surface area (TPSA) is 116 Å². The number of aryl methyl sites for hydroxylation is 1. The Balaban J connectivity index is 2.41. The van der Waals surface area contributed by atoms with Crippen LogP contribution in [-0.2, 0) is 11.3 Å². The Morgan fingerprint density at radius 2 is 2.17 bits per heavy atom. The number of hydrogen-bond donors (Lipinski definition) is 3. The number of nitrogens with two attached hydrogens (primary N) is 2. The number of anilines is 1. The number of amides is 2. The molecule has 0 bridgehead atoms. The number of nitrogen functional groups attached to an aromatic ring is 1. The van der Waals surface area contributed by atoms with Crippen molar-refractivity contribution in [3.05, 3.63) is 11.9 Å². The fourth-order valence-corrected chi connectivity index (χ4v) is 1.60. The predicted octanol–water partition coefficient (Wildman–Crippen LogP) is -0.129. The van der Waals surface area contributed by atoms with Gasteiger partial charge in [-0.25, -0.2) is 0 Å². The average molecular weight is 253 g/mol. The van der Waals surface area contributed by atoms with Crippen LogP contribution in [0.5, 0.6) is 0 Å². The number of aromatic nitrogens is 2. The number of carbonyl (C=O) groups is 2. The van der Waals surface area contributed by atoms with Crippen molar-refractivity contribution in [3.8, 4) is 0 Å². The van der Waals surface area contributed by atoms with Gasteiger partial charge in [0.15, 0.2) is 0 Å². The summed E-state index contributed by atoms with van der Waals surface area (Å²) < 4.78 is 1.55. The van der Waals surface area contributed by atoms with Gasteiger partial charge >= 0.3 is 0 Å². The lowest BCUT2D eigenvalue weighted by Gasteiger charge is -2.07. The van der Waals surface area contributed by atoms with Gasteiger partial charge in [-0.15, -0.1) is 0 Å². The Morgan fingerprint density at radius 1 is 1.44 bits per heavy atom. The molecule has 2 amide bonds. The second-order valence-corrected chi connectivity index (χ2v) is 3.94. The number of primary amides is 1. The molecule has 100 valence electrons. The van der Waals surface area contributed by atoms with Crippen LogP contribution in [0.3, 0.4) is 0 Å². The van der Waals surface area contributed by atoms with Crippen molar-refractivity contribution in [2.45, 2.75) is 32.7 Å². The molecular formula is C11H19N5O2. The number of rotatable bonds is 7. The highest BCUT2D eigenvalue weighted by atomic mass is 16.2. The second-order valence-electron chi connectivity index (χ2n) is 3.94. The van der Waals surface area contributed by atoms with Crippen LogP contribution in [-0.4, -0.2) is 28.1 Å². The maximum atomic E-state index is 11.9. The molecule has 0 unspecified atom stereocenters. The van der Waals surface area contributed by atoms with Crippen LogP contribution in [0.2, 0.25) is 0 Å². The van der Waals surface area contributed by atoms with E-state index in [4.69, 9.17) is 11.5 Å². The third-order valence-electron chi connectivity index (χ3n) is 2.52. The summed E-state index contributed by atoms with van der Waals surface area (Å²) in [7, 11) is 0. The summed E-state index contributed by atoms with van der Waals surface area (Å²) in [5.41, 5.74) is 11.4. The fourth-order valence-electron chi connectivity index (χ4n) is 1.60. The molecule has 5 N–H and O–H groups in total. The average Bonchev–Trinajstić information content (AvgIpc) is 2.69. The first-order chi connectivity index (χ1) is 8.56. The maximum Gasteiger partial charge on any atom is 0.271 e. The number of nitrogens with zero attached hydrogens (tertiary/aromatic N) is 2. The number of hydrogen-bond acceptors (Lipinski definition) is 4. The Hall–Kier alpha value is -2.05. The molecule has 1 rings (SSSR count). The summed E-state index contributed by atoms with van der Waals surface area (Å²) in [5.74, 6) is -0.569. The molecule has 0 aromatic carbocycles. The molecule has 0 aliphatic rings. The van der Waals surface area contributed by atoms with Gasteiger partial charge in [-0.1, -0.05) is 0 Å². The molecule has 0 saturated carbocycles. The van der Waals surface area contributed by atoms with E-state index in [2.05, 4.69) is 10.4 Å². The van der Waals surface area contributed by atoms with E-state index < -0.39 is 0 Å². The summed E-state index contributed by atoms with van der Waals surface area (Å²) in [5, 5.41) is 6.74. The number of nitrogens with one attached hydrogen (secondary N) is 1. The van der Waals surface area contributed by atoms with Crippen molar-refractivity contribution in [2.24, 2.45) is 5.73 Å². The zero-order valence-corrected chi connectivity index (χ0v) is 10.5. The summed E-state index contributed by atoms with van der Waals surface area (Å²) in [6.07, 6.45) is 3.17. The zero-order valence-electron chi connectivity index (χ0n) is 10.5. The van der Waals surface area contributed by atoms with Gasteiger partial charge in [-0.05, 0) is 19.8 Å². The quantitative estimate of drug-likeness (QED) is 0.587. The molecule has 7 nitrogen and oxygen atoms in total. The largest absolute Gasteiger partial charge is 0.396 e. The van der Waals surface area contributed by atoms with Gasteiger partial charge in [0.1, 0.15) is 5.69 Å². The van der Waals surface area contributed by atoms with Crippen LogP contribution >= 0.6 is 0 Å². The van der Waals surface area contributed by atoms with Crippen LogP contribution in [0, 0.1) is 0 Å². The van der Waals surface area contributed by atoms with E-state index in [0.29, 0.717) is 43.7 Å². The summed E-state index contributed by atoms with van der Waals surface area (Å²) in [6.45, 7) is 2.96. The van der Waals surface area contributed by atoms with E-state index in [1.54, 1.807) is 4.68 Å². The van der Waals surface area contributed by atoms with E-state index in [1.807, 2.05) is 6.92 Å². The van der Waals surface area contributed by atoms with E-state index >= 15 is 0 Å². The van der Waals surface area contributed by atoms with Crippen molar-refractivity contribution >= 4 is 17.5 Å². The Kier molecular flexibility index (Phi) is 5.16. The maximum absolute atomic E-state index is 11.9. The van der Waals surface area contributed by atoms with Crippen LogP contribution < -0.4 is 16.8 Å². The third-order valence-corrected chi connectivity index (χ3v) is 2.52. The SMILES string of the molecule is CCn1ncc(N)c1C(=O)NCCCCC(N)=O. The molecule has 0 fully saturated rings. The van der Waals surface area contributed by atoms with E-state index in [9.17, 15) is 9.59 Å². The molecule has 18 heavy (non-hydrogen) atoms. The van der Waals surface area contributed by atoms with E-state index in [1.165, 1.54) is 6.20 Å². The molecule has 7 heteroatoms. The van der Waals surface area contributed by atoms with Gasteiger partial charge < -0.3 is 16.8 Å². The van der Waals surface area contributed by atoms with Gasteiger partial charge in [-0.3, -0.25) is 14.3 Å². The molecule has 1 aromatic rings. The first kappa shape index (κ1) is 14.0. The van der Waals surface area contributed by atoms with Gasteiger partial charge in [0.2, 0.25) is 5.91 Å². The molecule has 0 spiro atoms. The summed E-state index contributed by atoms with van der Waals surface area (Å²) >= 11 is 0. The number of unbranched alkanes of at least 4 members (excludes halogenated alkanes) is 1. The minimum absolute atomic E-state index is 0.245. The summed E-state index contributed by atoms with van der Waals surface area (Å²) in [4.78, 5) is 22.4. The zero-order chi connectivity index (χ0) is 13.5. The highest BCUT2D eigenvalue weighted by Crippen LogP contribution is 2.10. The molecule has 1 heterocycles. The lowest BCUT2D eigenvalue weighted by molar-refractivity contribution is -0.118. The Labute approximate surface area is 106 Å². The predicted molar refractivity (Wildman–Crippen MR) is 67.7 cm³/mol. The van der Waals surface area contributed by atoms with Crippen molar-refractivity contribution in [3.63, 3.8) is 0 Å². The van der Waals surface area contributed by atoms with Crippen molar-refractivity contribution in [1.29, 1.82) is 0 Å². The molecule has 1 aromatic heterocycles. The standard InChI is InChI=1S/C11H19N5O2/c1-2-16-10(8(12)7-15-16)11(18)14-6-4-3-5-9(13)17/h7H,2-6,12H2,1H3,(H2,13,17)(H,14,18). The minimum Gasteiger partial charge on any atom is -0.396 e. The second kappa shape index (κ2) is 6.63. The lowest BCUT2D eigenvalue weighted by atomic mass is 10.2. The van der Waals surface area contributed by atoms with Crippen LogP contribution in [0.1, 0.15) is 36.7 Å². The normalized spacial score (nSPS) is 10.3. The monoisotopic (exact) mass is 253 g/mol. The van der Waals surface area contributed by atoms with Crippen molar-refractivity contribution in [2.75, 3.05) is 12.3 Å². The fraction of sp³-hybridized carbons (Fsp3) is 0.545.